The van der Waals surface area contributed by atoms with Gasteiger partial charge in [0, 0.05) is 6.42 Å². The standard InChI is InChI=1S/C8H12N3.F6P/c1-10-6-7-11(8-10)5-3-2-4-9;1-7(2,3,4,5)6/h6-8H,2-3,5H2,1H3;/q+1;-1. The van der Waals surface area contributed by atoms with E-state index >= 15 is 0 Å². The molecule has 0 bridgehead atoms. The Morgan fingerprint density at radius 2 is 1.72 bits per heavy atom. The van der Waals surface area contributed by atoms with Crippen LogP contribution in [0.4, 0.5) is 25.2 Å². The zero-order valence-corrected chi connectivity index (χ0v) is 10.3. The maximum atomic E-state index is 9.87. The van der Waals surface area contributed by atoms with Crippen LogP contribution in [0.25, 0.3) is 0 Å². The first-order chi connectivity index (χ1) is 7.78. The van der Waals surface area contributed by atoms with Crippen LogP contribution in [0.1, 0.15) is 12.8 Å². The fourth-order valence-corrected chi connectivity index (χ4v) is 0.975. The molecule has 0 aliphatic carbocycles. The Kier molecular flexibility index (Phi) is 4.42. The van der Waals surface area contributed by atoms with Crippen LogP contribution in [-0.2, 0) is 13.6 Å². The summed E-state index contributed by atoms with van der Waals surface area (Å²) < 4.78 is 63.3. The Morgan fingerprint density at radius 3 is 2.06 bits per heavy atom. The van der Waals surface area contributed by atoms with E-state index in [0.29, 0.717) is 6.42 Å². The summed E-state index contributed by atoms with van der Waals surface area (Å²) in [4.78, 5) is 0. The summed E-state index contributed by atoms with van der Waals surface area (Å²) in [7, 11) is -8.67. The Labute approximate surface area is 99.5 Å². The van der Waals surface area contributed by atoms with E-state index in [1.54, 1.807) is 0 Å². The van der Waals surface area contributed by atoms with Crippen molar-refractivity contribution < 1.29 is 29.7 Å². The number of hydrogen-bond donors (Lipinski definition) is 0. The van der Waals surface area contributed by atoms with Gasteiger partial charge < -0.3 is 0 Å². The van der Waals surface area contributed by atoms with Crippen LogP contribution in [0.3, 0.4) is 0 Å². The first-order valence-electron chi connectivity index (χ1n) is 4.72. The van der Waals surface area contributed by atoms with Crippen LogP contribution in [0.15, 0.2) is 18.7 Å². The van der Waals surface area contributed by atoms with Crippen LogP contribution in [-0.4, -0.2) is 4.57 Å². The van der Waals surface area contributed by atoms with Crippen molar-refractivity contribution in [3.63, 3.8) is 0 Å². The van der Waals surface area contributed by atoms with Crippen molar-refractivity contribution in [2.24, 2.45) is 7.05 Å². The van der Waals surface area contributed by atoms with Crippen LogP contribution in [0.2, 0.25) is 0 Å². The molecule has 3 nitrogen and oxygen atoms in total. The van der Waals surface area contributed by atoms with Gasteiger partial charge in [0.05, 0.1) is 19.7 Å². The average Bonchev–Trinajstić information content (AvgIpc) is 2.46. The first kappa shape index (κ1) is 16.7. The van der Waals surface area contributed by atoms with Crippen molar-refractivity contribution >= 4 is 7.81 Å². The van der Waals surface area contributed by atoms with Crippen molar-refractivity contribution in [3.8, 4) is 6.07 Å². The zero-order valence-electron chi connectivity index (χ0n) is 9.41. The molecular formula is C8H12F6N3P. The molecular weight excluding hydrogens is 283 g/mol. The third-order valence-electron chi connectivity index (χ3n) is 1.53. The van der Waals surface area contributed by atoms with Gasteiger partial charge in [-0.2, -0.15) is 5.26 Å². The summed E-state index contributed by atoms with van der Waals surface area (Å²) in [5, 5.41) is 8.29. The van der Waals surface area contributed by atoms with Crippen LogP contribution < -0.4 is 4.57 Å². The van der Waals surface area contributed by atoms with Crippen molar-refractivity contribution in [2.75, 3.05) is 0 Å². The van der Waals surface area contributed by atoms with E-state index in [9.17, 15) is 25.2 Å². The van der Waals surface area contributed by atoms with Gasteiger partial charge in [-0.25, -0.2) is 9.13 Å². The van der Waals surface area contributed by atoms with E-state index in [4.69, 9.17) is 5.26 Å². The molecule has 106 valence electrons. The van der Waals surface area contributed by atoms with Gasteiger partial charge in [0.2, 0.25) is 6.33 Å². The SMILES string of the molecule is C[n+]1ccn(CCCC#N)c1.F[P-](F)(F)(F)(F)F. The van der Waals surface area contributed by atoms with Crippen LogP contribution in [0, 0.1) is 11.3 Å². The minimum atomic E-state index is -10.7. The molecule has 0 saturated carbocycles. The summed E-state index contributed by atoms with van der Waals surface area (Å²) in [6, 6.07) is 2.12. The monoisotopic (exact) mass is 295 g/mol. The molecule has 0 spiro atoms. The summed E-state index contributed by atoms with van der Waals surface area (Å²) in [6.45, 7) is 0.939. The molecule has 18 heavy (non-hydrogen) atoms. The molecule has 0 aliphatic rings. The topological polar surface area (TPSA) is 32.6 Å². The van der Waals surface area contributed by atoms with E-state index < -0.39 is 7.81 Å². The normalized spacial score (nSPS) is 14.8. The zero-order chi connectivity index (χ0) is 14.5. The first-order valence-corrected chi connectivity index (χ1v) is 6.75. The molecule has 0 radical (unpaired) electrons. The molecule has 0 atom stereocenters. The Bertz CT molecular complexity index is 417. The second kappa shape index (κ2) is 4.76. The van der Waals surface area contributed by atoms with Gasteiger partial charge in [0.1, 0.15) is 12.4 Å². The molecule has 1 heterocycles. The van der Waals surface area contributed by atoms with Gasteiger partial charge in [-0.1, -0.05) is 0 Å². The fraction of sp³-hybridized carbons (Fsp3) is 0.500. The van der Waals surface area contributed by atoms with E-state index in [1.165, 1.54) is 0 Å². The van der Waals surface area contributed by atoms with Crippen molar-refractivity contribution in [1.82, 2.24) is 4.57 Å². The quantitative estimate of drug-likeness (QED) is 0.359. The molecule has 0 amide bonds. The predicted molar refractivity (Wildman–Crippen MR) is 54.0 cm³/mol. The van der Waals surface area contributed by atoms with E-state index in [2.05, 4.69) is 10.6 Å². The molecule has 0 aromatic carbocycles. The second-order valence-electron chi connectivity index (χ2n) is 3.54. The molecule has 0 unspecified atom stereocenters. The van der Waals surface area contributed by atoms with Gasteiger partial charge in [0.25, 0.3) is 0 Å². The van der Waals surface area contributed by atoms with Crippen LogP contribution >= 0.6 is 7.81 Å². The van der Waals surface area contributed by atoms with E-state index in [0.717, 1.165) is 13.0 Å². The number of nitrogens with zero attached hydrogens (tertiary/aromatic N) is 3. The van der Waals surface area contributed by atoms with E-state index in [-0.39, 0.29) is 0 Å². The number of nitriles is 1. The summed E-state index contributed by atoms with van der Waals surface area (Å²) >= 11 is 0. The maximum absolute atomic E-state index is 10.7. The molecule has 10 heteroatoms. The molecule has 0 fully saturated rings. The number of halogens is 6. The number of unbranched alkanes of at least 4 members (excludes halogenated alkanes) is 1. The van der Waals surface area contributed by atoms with Crippen LogP contribution in [0.5, 0.6) is 0 Å². The molecule has 1 aromatic heterocycles. The molecule has 0 aliphatic heterocycles. The predicted octanol–water partition coefficient (Wildman–Crippen LogP) is 4.00. The van der Waals surface area contributed by atoms with Crippen molar-refractivity contribution in [3.05, 3.63) is 18.7 Å². The molecule has 0 N–H and O–H groups in total. The summed E-state index contributed by atoms with van der Waals surface area (Å²) in [6.07, 6.45) is 7.59. The number of hydrogen-bond acceptors (Lipinski definition) is 1. The summed E-state index contributed by atoms with van der Waals surface area (Å²) in [5.74, 6) is 0. The van der Waals surface area contributed by atoms with E-state index in [1.807, 2.05) is 30.3 Å². The Morgan fingerprint density at radius 1 is 1.22 bits per heavy atom. The van der Waals surface area contributed by atoms with Gasteiger partial charge in [0.15, 0.2) is 0 Å². The number of aryl methyl sites for hydroxylation is 2. The second-order valence-corrected chi connectivity index (χ2v) is 5.45. The van der Waals surface area contributed by atoms with Gasteiger partial charge >= 0.3 is 33.0 Å². The third kappa shape index (κ3) is 17.1. The number of imidazole rings is 1. The van der Waals surface area contributed by atoms with Gasteiger partial charge in [-0.05, 0) is 6.42 Å². The average molecular weight is 295 g/mol. The fourth-order valence-electron chi connectivity index (χ4n) is 0.975. The number of rotatable bonds is 3. The number of aromatic nitrogens is 2. The Balaban J connectivity index is 0.000000360. The van der Waals surface area contributed by atoms with Crippen molar-refractivity contribution in [1.29, 1.82) is 5.26 Å². The van der Waals surface area contributed by atoms with Crippen molar-refractivity contribution in [2.45, 2.75) is 19.4 Å². The molecule has 0 saturated heterocycles. The molecule has 1 aromatic rings. The van der Waals surface area contributed by atoms with Gasteiger partial charge in [-0.3, -0.25) is 0 Å². The molecule has 1 rings (SSSR count). The summed E-state index contributed by atoms with van der Waals surface area (Å²) in [5.41, 5.74) is 0. The van der Waals surface area contributed by atoms with Gasteiger partial charge in [-0.15, -0.1) is 0 Å². The Hall–Kier alpha value is -1.29. The third-order valence-corrected chi connectivity index (χ3v) is 1.53. The minimum absolute atomic E-state index is 0.641.